The highest BCUT2D eigenvalue weighted by Gasteiger charge is 2.07. The van der Waals surface area contributed by atoms with Gasteiger partial charge in [0, 0.05) is 45.5 Å². The molecule has 2 N–H and O–H groups in total. The Kier molecular flexibility index (Phi) is 11.5. The molecule has 1 heterocycles. The monoisotopic (exact) mass is 498 g/mol. The van der Waals surface area contributed by atoms with E-state index in [2.05, 4.69) is 58.7 Å². The van der Waals surface area contributed by atoms with Gasteiger partial charge < -0.3 is 20.1 Å². The van der Waals surface area contributed by atoms with Crippen molar-refractivity contribution in [1.82, 2.24) is 15.6 Å². The van der Waals surface area contributed by atoms with Crippen LogP contribution < -0.4 is 15.4 Å². The fourth-order valence-corrected chi connectivity index (χ4v) is 2.60. The third-order valence-corrected chi connectivity index (χ3v) is 4.18. The molecule has 0 fully saturated rings. The molecular formula is C21H31IN4O2. The molecule has 0 spiro atoms. The lowest BCUT2D eigenvalue weighted by molar-refractivity contribution is 0.171. The second kappa shape index (κ2) is 13.3. The molecule has 7 heteroatoms. The maximum atomic E-state index is 5.94. The molecule has 2 aromatic rings. The molecule has 0 bridgehead atoms. The van der Waals surface area contributed by atoms with Crippen LogP contribution in [-0.4, -0.2) is 38.3 Å². The van der Waals surface area contributed by atoms with E-state index in [1.54, 1.807) is 20.4 Å². The summed E-state index contributed by atoms with van der Waals surface area (Å²) in [5, 5.41) is 6.65. The molecule has 0 saturated heterocycles. The summed E-state index contributed by atoms with van der Waals surface area (Å²) in [5.41, 5.74) is 4.44. The van der Waals surface area contributed by atoms with E-state index in [1.807, 2.05) is 6.07 Å². The first-order chi connectivity index (χ1) is 13.1. The minimum atomic E-state index is 0. The molecular weight excluding hydrogens is 467 g/mol. The maximum absolute atomic E-state index is 5.94. The minimum Gasteiger partial charge on any atom is -0.493 e. The maximum Gasteiger partial charge on any atom is 0.191 e. The number of hydrogen-bond acceptors (Lipinski definition) is 4. The number of methoxy groups -OCH3 is 1. The Bertz CT molecular complexity index is 753. The molecule has 0 atom stereocenters. The molecule has 0 aliphatic rings. The molecule has 1 aromatic heterocycles. The van der Waals surface area contributed by atoms with Crippen LogP contribution in [-0.2, 0) is 17.8 Å². The van der Waals surface area contributed by atoms with E-state index >= 15 is 0 Å². The van der Waals surface area contributed by atoms with Crippen molar-refractivity contribution in [2.45, 2.75) is 33.4 Å². The second-order valence-electron chi connectivity index (χ2n) is 6.35. The number of ether oxygens (including phenoxy) is 2. The lowest BCUT2D eigenvalue weighted by Crippen LogP contribution is -2.36. The van der Waals surface area contributed by atoms with Crippen molar-refractivity contribution >= 4 is 29.9 Å². The van der Waals surface area contributed by atoms with Crippen LogP contribution in [0.4, 0.5) is 0 Å². The van der Waals surface area contributed by atoms with Crippen LogP contribution in [0.15, 0.2) is 41.5 Å². The molecule has 1 aromatic carbocycles. The van der Waals surface area contributed by atoms with Gasteiger partial charge in [-0.25, -0.2) is 0 Å². The van der Waals surface area contributed by atoms with E-state index in [-0.39, 0.29) is 24.0 Å². The van der Waals surface area contributed by atoms with Crippen molar-refractivity contribution < 1.29 is 9.47 Å². The summed E-state index contributed by atoms with van der Waals surface area (Å²) in [6.07, 6.45) is 2.67. The molecule has 0 unspecified atom stereocenters. The largest absolute Gasteiger partial charge is 0.493 e. The standard InChI is InChI=1S/C21H30N4O2.HI/c1-16-8-9-18(20(13-16)27-12-6-11-26-4)14-24-21(22-3)25-15-19-17(2)7-5-10-23-19;/h5,7-10,13H,6,11-12,14-15H2,1-4H3,(H2,22,24,25);1H. The van der Waals surface area contributed by atoms with Gasteiger partial charge in [0.05, 0.1) is 18.8 Å². The van der Waals surface area contributed by atoms with E-state index in [1.165, 1.54) is 5.56 Å². The number of rotatable bonds is 9. The molecule has 0 saturated carbocycles. The van der Waals surface area contributed by atoms with E-state index in [9.17, 15) is 0 Å². The number of aromatic nitrogens is 1. The number of aryl methyl sites for hydroxylation is 2. The molecule has 0 aliphatic heterocycles. The van der Waals surface area contributed by atoms with E-state index in [0.29, 0.717) is 26.3 Å². The highest BCUT2D eigenvalue weighted by atomic mass is 127. The van der Waals surface area contributed by atoms with Crippen molar-refractivity contribution in [3.05, 3.63) is 58.9 Å². The summed E-state index contributed by atoms with van der Waals surface area (Å²) in [7, 11) is 3.46. The van der Waals surface area contributed by atoms with Crippen LogP contribution in [0.3, 0.4) is 0 Å². The van der Waals surface area contributed by atoms with Gasteiger partial charge in [-0.2, -0.15) is 0 Å². The highest BCUT2D eigenvalue weighted by Crippen LogP contribution is 2.20. The van der Waals surface area contributed by atoms with Gasteiger partial charge in [-0.1, -0.05) is 18.2 Å². The Balaban J connectivity index is 0.00000392. The van der Waals surface area contributed by atoms with Crippen molar-refractivity contribution in [2.24, 2.45) is 4.99 Å². The van der Waals surface area contributed by atoms with Crippen molar-refractivity contribution in [3.8, 4) is 5.75 Å². The van der Waals surface area contributed by atoms with Crippen molar-refractivity contribution in [3.63, 3.8) is 0 Å². The number of guanidine groups is 1. The number of pyridine rings is 1. The van der Waals surface area contributed by atoms with Gasteiger partial charge in [0.1, 0.15) is 5.75 Å². The first kappa shape index (κ1) is 24.2. The molecule has 2 rings (SSSR count). The normalized spacial score (nSPS) is 10.9. The third kappa shape index (κ3) is 8.02. The number of aliphatic imine (C=N–C) groups is 1. The zero-order valence-corrected chi connectivity index (χ0v) is 19.4. The first-order valence-electron chi connectivity index (χ1n) is 9.20. The number of nitrogens with zero attached hydrogens (tertiary/aromatic N) is 2. The Labute approximate surface area is 185 Å². The topological polar surface area (TPSA) is 67.8 Å². The van der Waals surface area contributed by atoms with Crippen LogP contribution in [0.25, 0.3) is 0 Å². The lowest BCUT2D eigenvalue weighted by atomic mass is 10.1. The zero-order chi connectivity index (χ0) is 19.5. The van der Waals surface area contributed by atoms with Crippen LogP contribution in [0, 0.1) is 13.8 Å². The van der Waals surface area contributed by atoms with Crippen LogP contribution in [0.5, 0.6) is 5.75 Å². The summed E-state index contributed by atoms with van der Waals surface area (Å²) in [6.45, 7) is 6.70. The van der Waals surface area contributed by atoms with E-state index in [0.717, 1.165) is 35.0 Å². The number of hydrogen-bond donors (Lipinski definition) is 2. The van der Waals surface area contributed by atoms with E-state index < -0.39 is 0 Å². The predicted octanol–water partition coefficient (Wildman–Crippen LogP) is 3.60. The minimum absolute atomic E-state index is 0. The zero-order valence-electron chi connectivity index (χ0n) is 17.1. The van der Waals surface area contributed by atoms with Crippen molar-refractivity contribution in [1.29, 1.82) is 0 Å². The van der Waals surface area contributed by atoms with Crippen LogP contribution >= 0.6 is 24.0 Å². The molecule has 0 radical (unpaired) electrons. The summed E-state index contributed by atoms with van der Waals surface area (Å²) in [6, 6.07) is 10.2. The summed E-state index contributed by atoms with van der Waals surface area (Å²) in [4.78, 5) is 8.69. The Hall–Kier alpha value is -1.87. The first-order valence-corrected chi connectivity index (χ1v) is 9.20. The molecule has 0 aliphatic carbocycles. The Morgan fingerprint density at radius 2 is 1.89 bits per heavy atom. The van der Waals surface area contributed by atoms with Gasteiger partial charge in [0.2, 0.25) is 0 Å². The molecule has 0 amide bonds. The molecule has 154 valence electrons. The van der Waals surface area contributed by atoms with Gasteiger partial charge in [-0.15, -0.1) is 24.0 Å². The van der Waals surface area contributed by atoms with Gasteiger partial charge in [-0.05, 0) is 37.1 Å². The number of nitrogens with one attached hydrogen (secondary N) is 2. The third-order valence-electron chi connectivity index (χ3n) is 4.18. The van der Waals surface area contributed by atoms with Gasteiger partial charge in [-0.3, -0.25) is 9.98 Å². The van der Waals surface area contributed by atoms with Gasteiger partial charge in [0.25, 0.3) is 0 Å². The molecule has 28 heavy (non-hydrogen) atoms. The summed E-state index contributed by atoms with van der Waals surface area (Å²) >= 11 is 0. The smallest absolute Gasteiger partial charge is 0.191 e. The summed E-state index contributed by atoms with van der Waals surface area (Å²) < 4.78 is 11.0. The average Bonchev–Trinajstić information content (AvgIpc) is 2.68. The van der Waals surface area contributed by atoms with E-state index in [4.69, 9.17) is 9.47 Å². The molecule has 6 nitrogen and oxygen atoms in total. The highest BCUT2D eigenvalue weighted by molar-refractivity contribution is 14.0. The van der Waals surface area contributed by atoms with Crippen molar-refractivity contribution in [2.75, 3.05) is 27.4 Å². The van der Waals surface area contributed by atoms with Gasteiger partial charge in [0.15, 0.2) is 5.96 Å². The quantitative estimate of drug-likeness (QED) is 0.240. The number of halogens is 1. The predicted molar refractivity (Wildman–Crippen MR) is 125 cm³/mol. The fourth-order valence-electron chi connectivity index (χ4n) is 2.60. The number of benzene rings is 1. The van der Waals surface area contributed by atoms with Gasteiger partial charge >= 0.3 is 0 Å². The Morgan fingerprint density at radius 1 is 1.11 bits per heavy atom. The van der Waals surface area contributed by atoms with Crippen LogP contribution in [0.1, 0.15) is 28.8 Å². The lowest BCUT2D eigenvalue weighted by Gasteiger charge is -2.16. The SMILES string of the molecule is CN=C(NCc1ccc(C)cc1OCCCOC)NCc1ncccc1C.I. The van der Waals surface area contributed by atoms with Crippen LogP contribution in [0.2, 0.25) is 0 Å². The Morgan fingerprint density at radius 3 is 2.61 bits per heavy atom. The summed E-state index contributed by atoms with van der Waals surface area (Å²) in [5.74, 6) is 1.63. The second-order valence-corrected chi connectivity index (χ2v) is 6.35. The fraction of sp³-hybridized carbons (Fsp3) is 0.429. The average molecular weight is 498 g/mol.